The lowest BCUT2D eigenvalue weighted by Crippen LogP contribution is -2.41. The monoisotopic (exact) mass is 460 g/mol. The normalized spacial score (nSPS) is 23.3. The van der Waals surface area contributed by atoms with Gasteiger partial charge in [-0.15, -0.1) is 0 Å². The van der Waals surface area contributed by atoms with Crippen LogP contribution < -0.4 is 4.90 Å². The predicted molar refractivity (Wildman–Crippen MR) is 129 cm³/mol. The maximum absolute atomic E-state index is 12.4. The molecule has 0 spiro atoms. The molecule has 176 valence electrons. The van der Waals surface area contributed by atoms with E-state index < -0.39 is 6.10 Å². The van der Waals surface area contributed by atoms with Crippen LogP contribution in [0.1, 0.15) is 32.1 Å². The van der Waals surface area contributed by atoms with Crippen molar-refractivity contribution in [1.29, 1.82) is 0 Å². The van der Waals surface area contributed by atoms with Gasteiger partial charge in [0.05, 0.1) is 47.8 Å². The van der Waals surface area contributed by atoms with Crippen molar-refractivity contribution in [1.82, 2.24) is 24.3 Å². The second-order valence-corrected chi connectivity index (χ2v) is 9.26. The summed E-state index contributed by atoms with van der Waals surface area (Å²) in [5.74, 6) is 0.679. The lowest BCUT2D eigenvalue weighted by molar-refractivity contribution is -0.130. The summed E-state index contributed by atoms with van der Waals surface area (Å²) in [5, 5.41) is 10.4. The van der Waals surface area contributed by atoms with Crippen molar-refractivity contribution in [2.75, 3.05) is 31.1 Å². The van der Waals surface area contributed by atoms with Crippen molar-refractivity contribution in [3.8, 4) is 11.3 Å². The Morgan fingerprint density at radius 2 is 2.00 bits per heavy atom. The number of ether oxygens (including phenoxy) is 1. The number of anilines is 1. The fraction of sp³-hybridized carbons (Fsp3) is 0.400. The van der Waals surface area contributed by atoms with E-state index in [1.165, 1.54) is 0 Å². The van der Waals surface area contributed by atoms with E-state index in [2.05, 4.69) is 50.5 Å². The molecule has 5 heterocycles. The number of morpholine rings is 1. The van der Waals surface area contributed by atoms with Crippen molar-refractivity contribution in [3.63, 3.8) is 0 Å². The summed E-state index contributed by atoms with van der Waals surface area (Å²) >= 11 is 0. The minimum absolute atomic E-state index is 0.0664. The number of aromatic amines is 1. The number of β-amino-alcohol motifs (C(OH)–C–C–N with tert-alkyl or cyclic N) is 1. The van der Waals surface area contributed by atoms with E-state index in [9.17, 15) is 9.90 Å². The Hall–Kier alpha value is -3.43. The summed E-state index contributed by atoms with van der Waals surface area (Å²) in [7, 11) is 0. The largest absolute Gasteiger partial charge is 0.391 e. The third-order valence-electron chi connectivity index (χ3n) is 6.93. The molecular formula is C25H28N6O3. The van der Waals surface area contributed by atoms with Gasteiger partial charge in [-0.1, -0.05) is 12.1 Å². The molecule has 34 heavy (non-hydrogen) atoms. The SMILES string of the molecule is CC(=O)N1C[C@H](O)C[C@@H]1c1nc(-c2ccc(N3CCO[C@@H](C)C3)cc2)c2cnc3[nH]ccc3n12. The van der Waals surface area contributed by atoms with Crippen LogP contribution in [-0.4, -0.2) is 73.7 Å². The summed E-state index contributed by atoms with van der Waals surface area (Å²) in [4.78, 5) is 29.2. The topological polar surface area (TPSA) is 99.0 Å². The Labute approximate surface area is 197 Å². The van der Waals surface area contributed by atoms with Gasteiger partial charge in [-0.25, -0.2) is 9.97 Å². The Morgan fingerprint density at radius 1 is 1.18 bits per heavy atom. The van der Waals surface area contributed by atoms with E-state index in [0.29, 0.717) is 13.0 Å². The van der Waals surface area contributed by atoms with Crippen LogP contribution in [0.15, 0.2) is 42.7 Å². The molecule has 0 radical (unpaired) electrons. The average Bonchev–Trinajstić information content (AvgIpc) is 3.55. The van der Waals surface area contributed by atoms with Gasteiger partial charge in [-0.2, -0.15) is 0 Å². The second-order valence-electron chi connectivity index (χ2n) is 9.26. The number of carbonyl (C=O) groups is 1. The average molecular weight is 461 g/mol. The van der Waals surface area contributed by atoms with Crippen molar-refractivity contribution >= 4 is 28.3 Å². The predicted octanol–water partition coefficient (Wildman–Crippen LogP) is 2.76. The molecule has 2 saturated heterocycles. The van der Waals surface area contributed by atoms with E-state index in [-0.39, 0.29) is 18.1 Å². The Bertz CT molecular complexity index is 1360. The van der Waals surface area contributed by atoms with Crippen LogP contribution in [-0.2, 0) is 9.53 Å². The van der Waals surface area contributed by atoms with Crippen molar-refractivity contribution in [2.24, 2.45) is 0 Å². The smallest absolute Gasteiger partial charge is 0.220 e. The van der Waals surface area contributed by atoms with E-state index in [0.717, 1.165) is 59.1 Å². The lowest BCUT2D eigenvalue weighted by Gasteiger charge is -2.33. The molecule has 2 N–H and O–H groups in total. The summed E-state index contributed by atoms with van der Waals surface area (Å²) < 4.78 is 7.75. The number of hydrogen-bond donors (Lipinski definition) is 2. The van der Waals surface area contributed by atoms with Crippen molar-refractivity contribution in [2.45, 2.75) is 38.5 Å². The highest BCUT2D eigenvalue weighted by atomic mass is 16.5. The number of hydrogen-bond acceptors (Lipinski definition) is 6. The third kappa shape index (κ3) is 3.43. The van der Waals surface area contributed by atoms with Gasteiger partial charge in [0.1, 0.15) is 5.82 Å². The number of amides is 1. The van der Waals surface area contributed by atoms with Gasteiger partial charge in [0.15, 0.2) is 5.65 Å². The van der Waals surface area contributed by atoms with Crippen LogP contribution in [0.5, 0.6) is 0 Å². The number of rotatable bonds is 3. The number of nitrogens with zero attached hydrogens (tertiary/aromatic N) is 5. The molecule has 2 aliphatic heterocycles. The number of benzene rings is 1. The highest BCUT2D eigenvalue weighted by Gasteiger charge is 2.37. The molecule has 0 unspecified atom stereocenters. The van der Waals surface area contributed by atoms with Gasteiger partial charge in [0.25, 0.3) is 0 Å². The number of aliphatic hydroxyl groups is 1. The zero-order chi connectivity index (χ0) is 23.4. The number of H-pyrrole nitrogens is 1. The first-order chi connectivity index (χ1) is 16.5. The number of aliphatic hydroxyl groups excluding tert-OH is 1. The number of nitrogens with one attached hydrogen (secondary N) is 1. The number of carbonyl (C=O) groups excluding carboxylic acids is 1. The maximum atomic E-state index is 12.4. The first-order valence-corrected chi connectivity index (χ1v) is 11.8. The molecule has 9 heteroatoms. The van der Waals surface area contributed by atoms with Crippen LogP contribution in [0.2, 0.25) is 0 Å². The molecule has 4 aromatic rings. The highest BCUT2D eigenvalue weighted by molar-refractivity contribution is 5.85. The Morgan fingerprint density at radius 3 is 2.76 bits per heavy atom. The van der Waals surface area contributed by atoms with Crippen LogP contribution in [0.4, 0.5) is 5.69 Å². The first kappa shape index (κ1) is 21.1. The second kappa shape index (κ2) is 8.11. The number of imidazole rings is 1. The van der Waals surface area contributed by atoms with E-state index in [1.54, 1.807) is 11.8 Å². The van der Waals surface area contributed by atoms with Crippen LogP contribution in [0, 0.1) is 0 Å². The van der Waals surface area contributed by atoms with Crippen molar-refractivity contribution in [3.05, 3.63) is 48.5 Å². The molecule has 1 amide bonds. The van der Waals surface area contributed by atoms with Crippen LogP contribution >= 0.6 is 0 Å². The van der Waals surface area contributed by atoms with Gasteiger partial charge in [0.2, 0.25) is 5.91 Å². The summed E-state index contributed by atoms with van der Waals surface area (Å²) in [6.07, 6.45) is 3.79. The van der Waals surface area contributed by atoms with Crippen molar-refractivity contribution < 1.29 is 14.6 Å². The fourth-order valence-electron chi connectivity index (χ4n) is 5.31. The summed E-state index contributed by atoms with van der Waals surface area (Å²) in [6, 6.07) is 10.1. The van der Waals surface area contributed by atoms with Gasteiger partial charge in [-0.3, -0.25) is 9.20 Å². The zero-order valence-electron chi connectivity index (χ0n) is 19.3. The molecule has 2 fully saturated rings. The quantitative estimate of drug-likeness (QED) is 0.488. The summed E-state index contributed by atoms with van der Waals surface area (Å²) in [6.45, 7) is 6.44. The van der Waals surface area contributed by atoms with Gasteiger partial charge < -0.3 is 24.6 Å². The van der Waals surface area contributed by atoms with Crippen LogP contribution in [0.3, 0.4) is 0 Å². The lowest BCUT2D eigenvalue weighted by atomic mass is 10.1. The Kier molecular flexibility index (Phi) is 5.04. The fourth-order valence-corrected chi connectivity index (χ4v) is 5.31. The zero-order valence-corrected chi connectivity index (χ0v) is 19.3. The molecule has 2 aliphatic rings. The molecular weight excluding hydrogens is 432 g/mol. The molecule has 9 nitrogen and oxygen atoms in total. The molecule has 6 rings (SSSR count). The van der Waals surface area contributed by atoms with E-state index in [4.69, 9.17) is 9.72 Å². The maximum Gasteiger partial charge on any atom is 0.220 e. The highest BCUT2D eigenvalue weighted by Crippen LogP contribution is 2.37. The minimum Gasteiger partial charge on any atom is -0.391 e. The van der Waals surface area contributed by atoms with Gasteiger partial charge in [0, 0.05) is 50.4 Å². The standard InChI is InChI=1S/C25H28N6O3/c1-15-13-29(9-10-34-15)18-5-3-17(4-6-18)23-22-12-27-24-20(7-8-26-24)31(22)25(28-23)21-11-19(33)14-30(21)16(2)32/h3-8,12,15,19,21,26,33H,9-11,13-14H2,1-2H3/t15-,19+,21+/m0/s1. The van der Waals surface area contributed by atoms with Crippen LogP contribution in [0.25, 0.3) is 27.9 Å². The number of aromatic nitrogens is 4. The number of likely N-dealkylation sites (tertiary alicyclic amines) is 1. The molecule has 0 aliphatic carbocycles. The third-order valence-corrected chi connectivity index (χ3v) is 6.93. The molecule has 0 bridgehead atoms. The van der Waals surface area contributed by atoms with E-state index in [1.807, 2.05) is 18.5 Å². The molecule has 0 saturated carbocycles. The molecule has 3 aromatic heterocycles. The minimum atomic E-state index is -0.566. The van der Waals surface area contributed by atoms with Gasteiger partial charge in [-0.05, 0) is 25.1 Å². The summed E-state index contributed by atoms with van der Waals surface area (Å²) in [5.41, 5.74) is 5.49. The van der Waals surface area contributed by atoms with Gasteiger partial charge >= 0.3 is 0 Å². The molecule has 1 aromatic carbocycles. The molecule has 3 atom stereocenters. The number of fused-ring (bicyclic) bond motifs is 3. The Balaban J connectivity index is 1.46. The van der Waals surface area contributed by atoms with E-state index >= 15 is 0 Å². The first-order valence-electron chi connectivity index (χ1n) is 11.8.